The Morgan fingerprint density at radius 3 is 2.64 bits per heavy atom. The second-order valence-corrected chi connectivity index (χ2v) is 7.44. The van der Waals surface area contributed by atoms with E-state index in [1.807, 2.05) is 31.2 Å². The second kappa shape index (κ2) is 8.08. The van der Waals surface area contributed by atoms with Crippen LogP contribution in [-0.4, -0.2) is 15.8 Å². The summed E-state index contributed by atoms with van der Waals surface area (Å²) in [5.74, 6) is 0.504. The van der Waals surface area contributed by atoms with Crippen LogP contribution in [0.25, 0.3) is 33.9 Å². The third-order valence-electron chi connectivity index (χ3n) is 5.19. The molecule has 0 aliphatic rings. The second-order valence-electron chi connectivity index (χ2n) is 7.44. The Bertz CT molecular complexity index is 1520. The highest BCUT2D eigenvalue weighted by Crippen LogP contribution is 2.29. The van der Waals surface area contributed by atoms with Crippen LogP contribution in [0.3, 0.4) is 0 Å². The van der Waals surface area contributed by atoms with E-state index in [0.29, 0.717) is 34.0 Å². The summed E-state index contributed by atoms with van der Waals surface area (Å²) < 4.78 is 11.5. The molecule has 33 heavy (non-hydrogen) atoms. The Morgan fingerprint density at radius 1 is 0.970 bits per heavy atom. The van der Waals surface area contributed by atoms with Gasteiger partial charge in [-0.2, -0.15) is 0 Å². The van der Waals surface area contributed by atoms with Crippen LogP contribution in [0.4, 0.5) is 11.4 Å². The monoisotopic (exact) mass is 439 g/mol. The Balaban J connectivity index is 1.37. The van der Waals surface area contributed by atoms with E-state index in [1.54, 1.807) is 36.4 Å². The summed E-state index contributed by atoms with van der Waals surface area (Å²) in [6.45, 7) is 1.99. The number of hydrogen-bond acceptors (Lipinski definition) is 6. The topological polar surface area (TPSA) is 111 Å². The lowest BCUT2D eigenvalue weighted by Crippen LogP contribution is -2.10. The number of rotatable bonds is 5. The van der Waals surface area contributed by atoms with E-state index in [-0.39, 0.29) is 11.4 Å². The summed E-state index contributed by atoms with van der Waals surface area (Å²) in [4.78, 5) is 27.7. The van der Waals surface area contributed by atoms with Gasteiger partial charge in [0.1, 0.15) is 11.3 Å². The lowest BCUT2D eigenvalue weighted by atomic mass is 10.1. The van der Waals surface area contributed by atoms with Crippen molar-refractivity contribution in [1.82, 2.24) is 4.98 Å². The zero-order valence-corrected chi connectivity index (χ0v) is 17.4. The number of nitro groups is 1. The smallest absolute Gasteiger partial charge is 0.291 e. The molecule has 8 heteroatoms. The third kappa shape index (κ3) is 3.97. The van der Waals surface area contributed by atoms with Gasteiger partial charge < -0.3 is 14.2 Å². The number of non-ortho nitro benzene ring substituents is 1. The fourth-order valence-electron chi connectivity index (χ4n) is 3.51. The number of fused-ring (bicyclic) bond motifs is 1. The Labute approximate surface area is 187 Å². The summed E-state index contributed by atoms with van der Waals surface area (Å²) in [5.41, 5.74) is 4.17. The van der Waals surface area contributed by atoms with E-state index in [0.717, 1.165) is 11.1 Å². The van der Waals surface area contributed by atoms with Crippen molar-refractivity contribution in [2.75, 3.05) is 5.32 Å². The largest absolute Gasteiger partial charge is 0.451 e. The van der Waals surface area contributed by atoms with Gasteiger partial charge in [-0.1, -0.05) is 30.3 Å². The number of nitrogens with one attached hydrogen (secondary N) is 1. The molecular weight excluding hydrogens is 422 g/mol. The average molecular weight is 439 g/mol. The van der Waals surface area contributed by atoms with Gasteiger partial charge in [-0.25, -0.2) is 4.98 Å². The maximum atomic E-state index is 12.7. The fourth-order valence-corrected chi connectivity index (χ4v) is 3.51. The van der Waals surface area contributed by atoms with E-state index < -0.39 is 10.8 Å². The summed E-state index contributed by atoms with van der Waals surface area (Å²) >= 11 is 0. The highest BCUT2D eigenvalue weighted by atomic mass is 16.6. The molecule has 1 N–H and O–H groups in total. The summed E-state index contributed by atoms with van der Waals surface area (Å²) in [5, 5.41) is 13.8. The number of benzene rings is 3. The number of hydrogen-bond donors (Lipinski definition) is 1. The summed E-state index contributed by atoms with van der Waals surface area (Å²) in [6, 6.07) is 22.2. The van der Waals surface area contributed by atoms with Gasteiger partial charge in [0.2, 0.25) is 5.89 Å². The van der Waals surface area contributed by atoms with Gasteiger partial charge in [-0.3, -0.25) is 14.9 Å². The number of nitrogens with zero attached hydrogens (tertiary/aromatic N) is 2. The number of aryl methyl sites for hydroxylation is 1. The molecular formula is C25H17N3O5. The zero-order chi connectivity index (χ0) is 22.9. The highest BCUT2D eigenvalue weighted by molar-refractivity contribution is 6.03. The quantitative estimate of drug-likeness (QED) is 0.257. The van der Waals surface area contributed by atoms with Gasteiger partial charge in [0.25, 0.3) is 11.6 Å². The van der Waals surface area contributed by atoms with Gasteiger partial charge in [-0.15, -0.1) is 0 Å². The molecule has 0 aliphatic heterocycles. The number of amides is 1. The van der Waals surface area contributed by atoms with E-state index in [2.05, 4.69) is 10.3 Å². The number of aromatic nitrogens is 1. The van der Waals surface area contributed by atoms with Crippen molar-refractivity contribution in [2.24, 2.45) is 0 Å². The molecule has 162 valence electrons. The van der Waals surface area contributed by atoms with Crippen LogP contribution in [-0.2, 0) is 0 Å². The molecule has 0 spiro atoms. The predicted octanol–water partition coefficient (Wildman–Crippen LogP) is 6.22. The lowest BCUT2D eigenvalue weighted by molar-refractivity contribution is -0.384. The van der Waals surface area contributed by atoms with E-state index in [1.165, 1.54) is 18.2 Å². The van der Waals surface area contributed by atoms with Crippen molar-refractivity contribution in [3.8, 4) is 22.8 Å². The maximum absolute atomic E-state index is 12.7. The zero-order valence-electron chi connectivity index (χ0n) is 17.4. The van der Waals surface area contributed by atoms with Crippen LogP contribution in [0.2, 0.25) is 0 Å². The number of carbonyl (C=O) groups excluding carboxylic acids is 1. The normalized spacial score (nSPS) is 10.9. The first kappa shape index (κ1) is 20.2. The van der Waals surface area contributed by atoms with Gasteiger partial charge in [0, 0.05) is 28.9 Å². The molecule has 5 rings (SSSR count). The minimum absolute atomic E-state index is 0.0547. The van der Waals surface area contributed by atoms with Crippen LogP contribution >= 0.6 is 0 Å². The molecule has 2 heterocycles. The van der Waals surface area contributed by atoms with Gasteiger partial charge in [-0.05, 0) is 48.9 Å². The number of oxazole rings is 1. The molecule has 0 saturated carbocycles. The first-order valence-electron chi connectivity index (χ1n) is 10.1. The number of carbonyl (C=O) groups is 1. The molecule has 0 saturated heterocycles. The van der Waals surface area contributed by atoms with Crippen molar-refractivity contribution in [3.63, 3.8) is 0 Å². The minimum Gasteiger partial charge on any atom is -0.451 e. The molecule has 0 bridgehead atoms. The molecule has 0 unspecified atom stereocenters. The molecule has 8 nitrogen and oxygen atoms in total. The van der Waals surface area contributed by atoms with Crippen LogP contribution in [0, 0.1) is 17.0 Å². The van der Waals surface area contributed by atoms with Crippen molar-refractivity contribution in [3.05, 3.63) is 100 Å². The molecule has 1 amide bonds. The molecule has 0 atom stereocenters. The third-order valence-corrected chi connectivity index (χ3v) is 5.19. The van der Waals surface area contributed by atoms with Gasteiger partial charge in [0.15, 0.2) is 11.3 Å². The number of anilines is 1. The predicted molar refractivity (Wildman–Crippen MR) is 123 cm³/mol. The number of nitro benzene ring substituents is 1. The SMILES string of the molecule is Cc1ccccc1-c1nc2cc(NC(=O)c3ccc(-c4cccc([N+](=O)[O-])c4)o3)ccc2o1. The molecule has 0 radical (unpaired) electrons. The molecule has 2 aromatic heterocycles. The van der Waals surface area contributed by atoms with Crippen LogP contribution in [0.5, 0.6) is 0 Å². The standard InChI is InChI=1S/C25H17N3O5/c1-15-5-2-3-8-19(15)25-27-20-14-17(9-10-22(20)33-25)26-24(29)23-12-11-21(32-23)16-6-4-7-18(13-16)28(30)31/h2-14H,1H3,(H,26,29). The van der Waals surface area contributed by atoms with Crippen molar-refractivity contribution in [2.45, 2.75) is 6.92 Å². The highest BCUT2D eigenvalue weighted by Gasteiger charge is 2.16. The summed E-state index contributed by atoms with van der Waals surface area (Å²) in [6.07, 6.45) is 0. The van der Waals surface area contributed by atoms with Crippen LogP contribution in [0.1, 0.15) is 16.1 Å². The Morgan fingerprint density at radius 2 is 1.82 bits per heavy atom. The number of furan rings is 1. The Kier molecular flexibility index (Phi) is 4.95. The van der Waals surface area contributed by atoms with Crippen molar-refractivity contribution in [1.29, 1.82) is 0 Å². The minimum atomic E-state index is -0.482. The fraction of sp³-hybridized carbons (Fsp3) is 0.0400. The first-order chi connectivity index (χ1) is 16.0. The molecule has 0 fully saturated rings. The van der Waals surface area contributed by atoms with Gasteiger partial charge in [0.05, 0.1) is 4.92 Å². The van der Waals surface area contributed by atoms with Crippen molar-refractivity contribution < 1.29 is 18.6 Å². The van der Waals surface area contributed by atoms with Crippen molar-refractivity contribution >= 4 is 28.4 Å². The van der Waals surface area contributed by atoms with Gasteiger partial charge >= 0.3 is 0 Å². The van der Waals surface area contributed by atoms with E-state index >= 15 is 0 Å². The molecule has 0 aliphatic carbocycles. The average Bonchev–Trinajstić information content (AvgIpc) is 3.47. The lowest BCUT2D eigenvalue weighted by Gasteiger charge is -2.02. The maximum Gasteiger partial charge on any atom is 0.291 e. The van der Waals surface area contributed by atoms with E-state index in [4.69, 9.17) is 8.83 Å². The molecule has 3 aromatic carbocycles. The summed E-state index contributed by atoms with van der Waals surface area (Å²) in [7, 11) is 0. The molecule has 5 aromatic rings. The van der Waals surface area contributed by atoms with Crippen LogP contribution < -0.4 is 5.32 Å². The Hall–Kier alpha value is -4.72. The first-order valence-corrected chi connectivity index (χ1v) is 10.1. The van der Waals surface area contributed by atoms with Crippen LogP contribution in [0.15, 0.2) is 87.7 Å². The van der Waals surface area contributed by atoms with E-state index in [9.17, 15) is 14.9 Å².